The summed E-state index contributed by atoms with van der Waals surface area (Å²) in [6.45, 7) is 7.88. The van der Waals surface area contributed by atoms with E-state index in [1.54, 1.807) is 53.4 Å². The van der Waals surface area contributed by atoms with Gasteiger partial charge < -0.3 is 19.7 Å². The molecule has 2 aromatic rings. The summed E-state index contributed by atoms with van der Waals surface area (Å²) < 4.78 is 11.3. The predicted octanol–water partition coefficient (Wildman–Crippen LogP) is 4.30. The fourth-order valence-electron chi connectivity index (χ4n) is 2.91. The Bertz CT molecular complexity index is 925. The van der Waals surface area contributed by atoms with Crippen molar-refractivity contribution in [3.63, 3.8) is 0 Å². The second kappa shape index (κ2) is 8.57. The van der Waals surface area contributed by atoms with Crippen molar-refractivity contribution in [2.75, 3.05) is 30.0 Å². The number of fused-ring (bicyclic) bond motifs is 1. The van der Waals surface area contributed by atoms with E-state index in [0.29, 0.717) is 34.4 Å². The molecule has 2 aromatic carbocycles. The quantitative estimate of drug-likeness (QED) is 0.716. The summed E-state index contributed by atoms with van der Waals surface area (Å²) in [6.07, 6.45) is 1.66. The molecule has 152 valence electrons. The van der Waals surface area contributed by atoms with Gasteiger partial charge in [0.25, 0.3) is 5.91 Å². The highest BCUT2D eigenvalue weighted by molar-refractivity contribution is 6.30. The van der Waals surface area contributed by atoms with Crippen LogP contribution in [0.5, 0.6) is 11.5 Å². The number of amides is 2. The highest BCUT2D eigenvalue weighted by Crippen LogP contribution is 2.38. The second-order valence-corrected chi connectivity index (χ2v) is 7.79. The average molecular weight is 415 g/mol. The van der Waals surface area contributed by atoms with E-state index in [1.807, 2.05) is 13.8 Å². The topological polar surface area (TPSA) is 67.9 Å². The number of rotatable bonds is 6. The summed E-state index contributed by atoms with van der Waals surface area (Å²) in [5.74, 6) is 0.744. The number of halogens is 1. The molecule has 6 nitrogen and oxygen atoms in total. The molecule has 0 spiro atoms. The summed E-state index contributed by atoms with van der Waals surface area (Å²) >= 11 is 5.83. The Balaban J connectivity index is 1.74. The van der Waals surface area contributed by atoms with Crippen LogP contribution < -0.4 is 19.7 Å². The van der Waals surface area contributed by atoms with E-state index in [1.165, 1.54) is 0 Å². The molecule has 0 bridgehead atoms. The largest absolute Gasteiger partial charge is 0.490 e. The summed E-state index contributed by atoms with van der Waals surface area (Å²) in [5.41, 5.74) is 0.466. The number of ether oxygens (including phenoxy) is 2. The highest BCUT2D eigenvalue weighted by atomic mass is 35.5. The van der Waals surface area contributed by atoms with Gasteiger partial charge in [-0.3, -0.25) is 9.59 Å². The first-order valence-corrected chi connectivity index (χ1v) is 9.56. The van der Waals surface area contributed by atoms with Crippen molar-refractivity contribution in [1.29, 1.82) is 0 Å². The van der Waals surface area contributed by atoms with Crippen LogP contribution in [0.2, 0.25) is 5.02 Å². The zero-order chi connectivity index (χ0) is 21.0. The van der Waals surface area contributed by atoms with E-state index < -0.39 is 5.41 Å². The lowest BCUT2D eigenvalue weighted by Gasteiger charge is -2.27. The van der Waals surface area contributed by atoms with Crippen LogP contribution in [-0.2, 0) is 9.59 Å². The number of benzene rings is 2. The molecule has 0 radical (unpaired) electrons. The van der Waals surface area contributed by atoms with Crippen molar-refractivity contribution in [2.24, 2.45) is 5.41 Å². The van der Waals surface area contributed by atoms with Gasteiger partial charge in [-0.05, 0) is 56.3 Å². The molecular formula is C22H23ClN2O4. The molecule has 0 fully saturated rings. The standard InChI is InChI=1S/C22H23ClN2O4/c1-4-11-25-18-12-16(7-10-19(18)29-14-22(2,3)21(25)27)24-20(26)13-28-17-8-5-15(23)6-9-17/h4-10,12H,1,11,13-14H2,2-3H3,(H,24,26). The minimum absolute atomic E-state index is 0.0642. The van der Waals surface area contributed by atoms with Crippen LogP contribution in [0.15, 0.2) is 55.1 Å². The molecule has 7 heteroatoms. The Labute approximate surface area is 175 Å². The Morgan fingerprint density at radius 3 is 2.72 bits per heavy atom. The third-order valence-corrected chi connectivity index (χ3v) is 4.69. The maximum Gasteiger partial charge on any atom is 0.262 e. The number of carbonyl (C=O) groups is 2. The van der Waals surface area contributed by atoms with Crippen LogP contribution >= 0.6 is 11.6 Å². The van der Waals surface area contributed by atoms with E-state index in [9.17, 15) is 9.59 Å². The monoisotopic (exact) mass is 414 g/mol. The van der Waals surface area contributed by atoms with Crippen LogP contribution in [0.25, 0.3) is 0 Å². The molecule has 1 aliphatic heterocycles. The van der Waals surface area contributed by atoms with Gasteiger partial charge in [0.1, 0.15) is 18.1 Å². The molecule has 0 atom stereocenters. The lowest BCUT2D eigenvalue weighted by molar-refractivity contribution is -0.127. The zero-order valence-corrected chi connectivity index (χ0v) is 17.2. The lowest BCUT2D eigenvalue weighted by Crippen LogP contribution is -2.42. The first-order valence-electron chi connectivity index (χ1n) is 9.18. The summed E-state index contributed by atoms with van der Waals surface area (Å²) in [4.78, 5) is 26.8. The van der Waals surface area contributed by atoms with Crippen LogP contribution in [-0.4, -0.2) is 31.6 Å². The first-order chi connectivity index (χ1) is 13.8. The van der Waals surface area contributed by atoms with Gasteiger partial charge in [-0.2, -0.15) is 0 Å². The molecule has 0 aliphatic carbocycles. The van der Waals surface area contributed by atoms with E-state index >= 15 is 0 Å². The molecule has 29 heavy (non-hydrogen) atoms. The third kappa shape index (κ3) is 4.90. The number of anilines is 2. The predicted molar refractivity (Wildman–Crippen MR) is 114 cm³/mol. The molecule has 1 aliphatic rings. The summed E-state index contributed by atoms with van der Waals surface area (Å²) in [5, 5.41) is 3.38. The lowest BCUT2D eigenvalue weighted by atomic mass is 9.93. The van der Waals surface area contributed by atoms with Gasteiger partial charge in [-0.1, -0.05) is 17.7 Å². The summed E-state index contributed by atoms with van der Waals surface area (Å²) in [6, 6.07) is 12.0. The SMILES string of the molecule is C=CCN1C(=O)C(C)(C)COc2ccc(NC(=O)COc3ccc(Cl)cc3)cc21. The van der Waals surface area contributed by atoms with Gasteiger partial charge in [0.15, 0.2) is 6.61 Å². The molecule has 0 saturated carbocycles. The minimum Gasteiger partial charge on any atom is -0.490 e. The van der Waals surface area contributed by atoms with Gasteiger partial charge in [0.05, 0.1) is 11.1 Å². The summed E-state index contributed by atoms with van der Waals surface area (Å²) in [7, 11) is 0. The molecule has 1 heterocycles. The van der Waals surface area contributed by atoms with E-state index in [2.05, 4.69) is 11.9 Å². The second-order valence-electron chi connectivity index (χ2n) is 7.35. The van der Waals surface area contributed by atoms with Gasteiger partial charge in [0.2, 0.25) is 5.91 Å². The Kier molecular flexibility index (Phi) is 6.13. The van der Waals surface area contributed by atoms with Gasteiger partial charge in [0, 0.05) is 17.3 Å². The Hall–Kier alpha value is -2.99. The number of carbonyl (C=O) groups excluding carboxylic acids is 2. The molecule has 0 aromatic heterocycles. The molecule has 2 amide bonds. The molecular weight excluding hydrogens is 392 g/mol. The smallest absolute Gasteiger partial charge is 0.262 e. The Morgan fingerprint density at radius 2 is 2.03 bits per heavy atom. The first kappa shape index (κ1) is 20.7. The maximum atomic E-state index is 12.9. The number of hydrogen-bond acceptors (Lipinski definition) is 4. The van der Waals surface area contributed by atoms with Crippen molar-refractivity contribution in [2.45, 2.75) is 13.8 Å². The van der Waals surface area contributed by atoms with Crippen molar-refractivity contribution >= 4 is 34.8 Å². The van der Waals surface area contributed by atoms with Crippen molar-refractivity contribution < 1.29 is 19.1 Å². The van der Waals surface area contributed by atoms with E-state index in [0.717, 1.165) is 0 Å². The highest BCUT2D eigenvalue weighted by Gasteiger charge is 2.37. The van der Waals surface area contributed by atoms with Gasteiger partial charge in [-0.25, -0.2) is 0 Å². The fourth-order valence-corrected chi connectivity index (χ4v) is 3.04. The van der Waals surface area contributed by atoms with Gasteiger partial charge in [-0.15, -0.1) is 6.58 Å². The number of nitrogens with one attached hydrogen (secondary N) is 1. The average Bonchev–Trinajstić information content (AvgIpc) is 2.78. The minimum atomic E-state index is -0.669. The van der Waals surface area contributed by atoms with E-state index in [-0.39, 0.29) is 25.0 Å². The molecule has 0 saturated heterocycles. The normalized spacial score (nSPS) is 15.0. The number of hydrogen-bond donors (Lipinski definition) is 1. The third-order valence-electron chi connectivity index (χ3n) is 4.44. The number of nitrogens with zero attached hydrogens (tertiary/aromatic N) is 1. The maximum absolute atomic E-state index is 12.9. The van der Waals surface area contributed by atoms with Crippen LogP contribution in [0.4, 0.5) is 11.4 Å². The van der Waals surface area contributed by atoms with E-state index in [4.69, 9.17) is 21.1 Å². The van der Waals surface area contributed by atoms with Crippen molar-refractivity contribution in [3.8, 4) is 11.5 Å². The molecule has 3 rings (SSSR count). The molecule has 1 N–H and O–H groups in total. The van der Waals surface area contributed by atoms with Crippen LogP contribution in [0.1, 0.15) is 13.8 Å². The van der Waals surface area contributed by atoms with Gasteiger partial charge >= 0.3 is 0 Å². The van der Waals surface area contributed by atoms with Crippen LogP contribution in [0, 0.1) is 5.41 Å². The Morgan fingerprint density at radius 1 is 1.31 bits per heavy atom. The van der Waals surface area contributed by atoms with Crippen LogP contribution in [0.3, 0.4) is 0 Å². The zero-order valence-electron chi connectivity index (χ0n) is 16.4. The fraction of sp³-hybridized carbons (Fsp3) is 0.273. The van der Waals surface area contributed by atoms with Crippen molar-refractivity contribution in [3.05, 3.63) is 60.1 Å². The van der Waals surface area contributed by atoms with Crippen molar-refractivity contribution in [1.82, 2.24) is 0 Å². The molecule has 0 unspecified atom stereocenters.